The van der Waals surface area contributed by atoms with Crippen molar-refractivity contribution in [2.24, 2.45) is 0 Å². The summed E-state index contributed by atoms with van der Waals surface area (Å²) in [5.41, 5.74) is 2.87. The number of hydrogen-bond acceptors (Lipinski definition) is 6. The van der Waals surface area contributed by atoms with E-state index in [-0.39, 0.29) is 18.8 Å². The molecule has 1 heterocycles. The SMILES string of the molecule is COC(COCc1ccccc1)COc1ccccc1C1C(OCc2ccc3ccccc3c2)CCCN1C(=O)[O-]. The quantitative estimate of drug-likeness (QED) is 0.230. The van der Waals surface area contributed by atoms with Crippen molar-refractivity contribution in [3.05, 3.63) is 114 Å². The van der Waals surface area contributed by atoms with Crippen LogP contribution in [0, 0.1) is 0 Å². The van der Waals surface area contributed by atoms with Crippen LogP contribution in [0.1, 0.15) is 35.6 Å². The number of benzene rings is 4. The van der Waals surface area contributed by atoms with Crippen molar-refractivity contribution in [2.45, 2.75) is 44.3 Å². The smallest absolute Gasteiger partial charge is 0.137 e. The number of likely N-dealkylation sites (tertiary alicyclic amines) is 1. The van der Waals surface area contributed by atoms with Gasteiger partial charge in [0.2, 0.25) is 0 Å². The van der Waals surface area contributed by atoms with E-state index in [0.29, 0.717) is 38.5 Å². The summed E-state index contributed by atoms with van der Waals surface area (Å²) in [7, 11) is 1.63. The van der Waals surface area contributed by atoms with E-state index in [9.17, 15) is 9.90 Å². The molecule has 0 saturated carbocycles. The van der Waals surface area contributed by atoms with E-state index >= 15 is 0 Å². The number of hydrogen-bond donors (Lipinski definition) is 0. The molecular weight excluding hydrogens is 518 g/mol. The minimum absolute atomic E-state index is 0.253. The van der Waals surface area contributed by atoms with Gasteiger partial charge >= 0.3 is 0 Å². The lowest BCUT2D eigenvalue weighted by atomic mass is 9.92. The Labute approximate surface area is 241 Å². The fourth-order valence-corrected chi connectivity index (χ4v) is 5.35. The van der Waals surface area contributed by atoms with Crippen molar-refractivity contribution in [1.29, 1.82) is 0 Å². The standard InChI is InChI=1S/C34H37NO6/c1-38-29(23-39-21-25-10-3-2-4-11-25)24-41-31-15-8-7-14-30(31)33-32(16-9-19-35(33)34(36)37)40-22-26-17-18-27-12-5-6-13-28(27)20-26/h2-8,10-15,17-18,20,29,32-33H,9,16,19,21-24H2,1H3,(H,36,37)/p-1. The van der Waals surface area contributed by atoms with Gasteiger partial charge in [0.25, 0.3) is 0 Å². The first kappa shape index (κ1) is 28.6. The number of methoxy groups -OCH3 is 1. The Morgan fingerprint density at radius 2 is 1.63 bits per heavy atom. The average Bonchev–Trinajstić information content (AvgIpc) is 3.02. The van der Waals surface area contributed by atoms with E-state index in [1.54, 1.807) is 7.11 Å². The third kappa shape index (κ3) is 7.44. The van der Waals surface area contributed by atoms with Gasteiger partial charge in [-0.15, -0.1) is 0 Å². The first-order chi connectivity index (χ1) is 20.1. The van der Waals surface area contributed by atoms with E-state index in [4.69, 9.17) is 18.9 Å². The third-order valence-corrected chi connectivity index (χ3v) is 7.50. The first-order valence-electron chi connectivity index (χ1n) is 14.1. The van der Waals surface area contributed by atoms with Gasteiger partial charge in [-0.2, -0.15) is 0 Å². The molecule has 214 valence electrons. The summed E-state index contributed by atoms with van der Waals surface area (Å²) >= 11 is 0. The molecule has 0 aromatic heterocycles. The fourth-order valence-electron chi connectivity index (χ4n) is 5.35. The first-order valence-corrected chi connectivity index (χ1v) is 14.1. The maximum Gasteiger partial charge on any atom is 0.137 e. The zero-order valence-corrected chi connectivity index (χ0v) is 23.3. The summed E-state index contributed by atoms with van der Waals surface area (Å²) < 4.78 is 24.1. The largest absolute Gasteiger partial charge is 0.530 e. The monoisotopic (exact) mass is 554 g/mol. The minimum atomic E-state index is -1.21. The molecule has 1 aliphatic rings. The molecule has 1 aliphatic heterocycles. The number of nitrogens with zero attached hydrogens (tertiary/aromatic N) is 1. The Kier molecular flexibility index (Phi) is 9.86. The van der Waals surface area contributed by atoms with Gasteiger partial charge < -0.3 is 33.7 Å². The molecule has 4 aromatic rings. The number of rotatable bonds is 12. The van der Waals surface area contributed by atoms with E-state index in [1.807, 2.05) is 66.7 Å². The van der Waals surface area contributed by atoms with Crippen molar-refractivity contribution in [2.75, 3.05) is 26.9 Å². The van der Waals surface area contributed by atoms with Crippen LogP contribution in [0.4, 0.5) is 4.79 Å². The number of carbonyl (C=O) groups excluding carboxylic acids is 1. The Morgan fingerprint density at radius 1 is 0.878 bits per heavy atom. The Bertz CT molecular complexity index is 1410. The molecule has 0 N–H and O–H groups in total. The molecule has 1 fully saturated rings. The van der Waals surface area contributed by atoms with Crippen LogP contribution in [0.25, 0.3) is 10.8 Å². The van der Waals surface area contributed by atoms with Gasteiger partial charge in [-0.3, -0.25) is 0 Å². The van der Waals surface area contributed by atoms with Crippen LogP contribution in [0.2, 0.25) is 0 Å². The average molecular weight is 555 g/mol. The van der Waals surface area contributed by atoms with Crippen LogP contribution >= 0.6 is 0 Å². The van der Waals surface area contributed by atoms with Gasteiger partial charge in [0.05, 0.1) is 32.0 Å². The molecule has 3 unspecified atom stereocenters. The van der Waals surface area contributed by atoms with Crippen LogP contribution < -0.4 is 9.84 Å². The lowest BCUT2D eigenvalue weighted by molar-refractivity contribution is -0.272. The Hall–Kier alpha value is -3.91. The summed E-state index contributed by atoms with van der Waals surface area (Å²) in [6.45, 7) is 1.85. The maximum absolute atomic E-state index is 12.2. The second-order valence-electron chi connectivity index (χ2n) is 10.3. The predicted octanol–water partition coefficient (Wildman–Crippen LogP) is 5.52. The number of ether oxygens (including phenoxy) is 4. The van der Waals surface area contributed by atoms with Crippen molar-refractivity contribution >= 4 is 16.9 Å². The molecule has 0 aliphatic carbocycles. The molecular formula is C34H36NO6-. The second-order valence-corrected chi connectivity index (χ2v) is 10.3. The molecule has 0 spiro atoms. The molecule has 0 bridgehead atoms. The highest BCUT2D eigenvalue weighted by atomic mass is 16.6. The Morgan fingerprint density at radius 3 is 2.44 bits per heavy atom. The van der Waals surface area contributed by atoms with Crippen LogP contribution in [0.5, 0.6) is 5.75 Å². The zero-order chi connectivity index (χ0) is 28.4. The van der Waals surface area contributed by atoms with Crippen LogP contribution in [0.3, 0.4) is 0 Å². The van der Waals surface area contributed by atoms with Gasteiger partial charge in [-0.25, -0.2) is 0 Å². The summed E-state index contributed by atoms with van der Waals surface area (Å²) in [4.78, 5) is 13.6. The highest BCUT2D eigenvalue weighted by Gasteiger charge is 2.35. The van der Waals surface area contributed by atoms with E-state index in [0.717, 1.165) is 28.5 Å². The van der Waals surface area contributed by atoms with Crippen molar-refractivity contribution in [3.8, 4) is 5.75 Å². The highest BCUT2D eigenvalue weighted by molar-refractivity contribution is 5.82. The maximum atomic E-state index is 12.2. The second kappa shape index (κ2) is 14.1. The number of amides is 1. The lowest BCUT2D eigenvalue weighted by Gasteiger charge is -2.43. The molecule has 41 heavy (non-hydrogen) atoms. The molecule has 7 heteroatoms. The van der Waals surface area contributed by atoms with E-state index < -0.39 is 12.1 Å². The van der Waals surface area contributed by atoms with Gasteiger partial charge in [0, 0.05) is 19.2 Å². The van der Waals surface area contributed by atoms with Crippen LogP contribution in [-0.4, -0.2) is 50.1 Å². The molecule has 5 rings (SSSR count). The van der Waals surface area contributed by atoms with E-state index in [2.05, 4.69) is 30.3 Å². The summed E-state index contributed by atoms with van der Waals surface area (Å²) in [6, 6.07) is 31.4. The third-order valence-electron chi connectivity index (χ3n) is 7.50. The van der Waals surface area contributed by atoms with Crippen LogP contribution in [-0.2, 0) is 27.4 Å². The topological polar surface area (TPSA) is 80.3 Å². The molecule has 3 atom stereocenters. The highest BCUT2D eigenvalue weighted by Crippen LogP contribution is 2.38. The summed E-state index contributed by atoms with van der Waals surface area (Å²) in [5.74, 6) is 0.593. The molecule has 1 saturated heterocycles. The minimum Gasteiger partial charge on any atom is -0.530 e. The molecule has 1 amide bonds. The van der Waals surface area contributed by atoms with Gasteiger partial charge in [0.15, 0.2) is 0 Å². The molecule has 7 nitrogen and oxygen atoms in total. The number of piperidine rings is 1. The lowest BCUT2D eigenvalue weighted by Crippen LogP contribution is -2.51. The Balaban J connectivity index is 1.28. The predicted molar refractivity (Wildman–Crippen MR) is 155 cm³/mol. The van der Waals surface area contributed by atoms with Crippen molar-refractivity contribution < 1.29 is 28.8 Å². The molecule has 4 aromatic carbocycles. The summed E-state index contributed by atoms with van der Waals surface area (Å²) in [6.07, 6.45) is -0.446. The number of fused-ring (bicyclic) bond motifs is 1. The normalized spacial score (nSPS) is 17.8. The summed E-state index contributed by atoms with van der Waals surface area (Å²) in [5, 5.41) is 14.6. The fraction of sp³-hybridized carbons (Fsp3) is 0.324. The number of carbonyl (C=O) groups is 1. The van der Waals surface area contributed by atoms with Gasteiger partial charge in [0.1, 0.15) is 24.6 Å². The van der Waals surface area contributed by atoms with E-state index in [1.165, 1.54) is 10.3 Å². The molecule has 0 radical (unpaired) electrons. The van der Waals surface area contributed by atoms with Crippen molar-refractivity contribution in [1.82, 2.24) is 4.90 Å². The zero-order valence-electron chi connectivity index (χ0n) is 23.3. The number of para-hydroxylation sites is 1. The number of carboxylic acid groups (broad SMARTS) is 1. The van der Waals surface area contributed by atoms with Gasteiger partial charge in [-0.1, -0.05) is 84.9 Å². The van der Waals surface area contributed by atoms with Crippen molar-refractivity contribution in [3.63, 3.8) is 0 Å². The van der Waals surface area contributed by atoms with Gasteiger partial charge in [-0.05, 0) is 46.9 Å². The van der Waals surface area contributed by atoms with Crippen LogP contribution in [0.15, 0.2) is 97.1 Å².